The molecule has 3 fully saturated rings. The molecule has 6 heterocycles. The Morgan fingerprint density at radius 2 is 2.08 bits per heavy atom. The number of aromatic amines is 1. The molecule has 1 aromatic carbocycles. The summed E-state index contributed by atoms with van der Waals surface area (Å²) in [5.74, 6) is 0.892. The SMILES string of the molecule is C=CC12CCC(CN(c3nc(OCC4CCCN4C)nc4cc(-c5c(C)c(C)cc6[nH]ncc56)ncc34)C1)N2. The zero-order valence-corrected chi connectivity index (χ0v) is 23.0. The van der Waals surface area contributed by atoms with Crippen molar-refractivity contribution >= 4 is 27.6 Å². The summed E-state index contributed by atoms with van der Waals surface area (Å²) in [6, 6.07) is 5.47. The van der Waals surface area contributed by atoms with Crippen molar-refractivity contribution in [3.8, 4) is 17.3 Å². The first-order chi connectivity index (χ1) is 18.9. The van der Waals surface area contributed by atoms with E-state index in [-0.39, 0.29) is 5.54 Å². The maximum atomic E-state index is 6.31. The summed E-state index contributed by atoms with van der Waals surface area (Å²) in [6.45, 7) is 11.8. The Bertz CT molecular complexity index is 1580. The van der Waals surface area contributed by atoms with Gasteiger partial charge in [0.1, 0.15) is 12.4 Å². The molecule has 0 radical (unpaired) electrons. The van der Waals surface area contributed by atoms with Crippen LogP contribution in [0.4, 0.5) is 5.82 Å². The van der Waals surface area contributed by atoms with Crippen LogP contribution in [0.5, 0.6) is 6.01 Å². The van der Waals surface area contributed by atoms with Crippen LogP contribution in [-0.4, -0.2) is 81.0 Å². The van der Waals surface area contributed by atoms with Crippen molar-refractivity contribution < 1.29 is 4.74 Å². The molecule has 3 aromatic heterocycles. The molecule has 3 aliphatic rings. The van der Waals surface area contributed by atoms with Crippen LogP contribution >= 0.6 is 0 Å². The summed E-state index contributed by atoms with van der Waals surface area (Å²) < 4.78 is 6.31. The molecule has 9 nitrogen and oxygen atoms in total. The highest BCUT2D eigenvalue weighted by atomic mass is 16.5. The van der Waals surface area contributed by atoms with Crippen molar-refractivity contribution in [1.29, 1.82) is 0 Å². The Hall–Kier alpha value is -3.56. The summed E-state index contributed by atoms with van der Waals surface area (Å²) in [4.78, 5) is 19.7. The third-order valence-corrected chi connectivity index (χ3v) is 9.17. The average molecular weight is 525 g/mol. The van der Waals surface area contributed by atoms with Crippen LogP contribution in [0, 0.1) is 13.8 Å². The highest BCUT2D eigenvalue weighted by Crippen LogP contribution is 2.38. The number of fused-ring (bicyclic) bond motifs is 4. The van der Waals surface area contributed by atoms with Crippen molar-refractivity contribution in [3.63, 3.8) is 0 Å². The normalized spacial score (nSPS) is 25.2. The number of piperazine rings is 1. The van der Waals surface area contributed by atoms with Gasteiger partial charge in [0.15, 0.2) is 0 Å². The predicted molar refractivity (Wildman–Crippen MR) is 154 cm³/mol. The van der Waals surface area contributed by atoms with Gasteiger partial charge in [-0.2, -0.15) is 15.1 Å². The Morgan fingerprint density at radius 3 is 2.90 bits per heavy atom. The molecule has 0 amide bonds. The highest BCUT2D eigenvalue weighted by molar-refractivity contribution is 5.99. The molecule has 0 saturated carbocycles. The van der Waals surface area contributed by atoms with Gasteiger partial charge in [0.05, 0.1) is 33.8 Å². The number of ether oxygens (including phenoxy) is 1. The molecule has 3 atom stereocenters. The number of aromatic nitrogens is 5. The predicted octanol–water partition coefficient (Wildman–Crippen LogP) is 4.15. The lowest BCUT2D eigenvalue weighted by atomic mass is 9.96. The summed E-state index contributed by atoms with van der Waals surface area (Å²) in [6.07, 6.45) is 10.5. The van der Waals surface area contributed by atoms with Gasteiger partial charge >= 0.3 is 6.01 Å². The molecule has 0 aliphatic carbocycles. The second-order valence-electron chi connectivity index (χ2n) is 11.6. The third kappa shape index (κ3) is 4.15. The van der Waals surface area contributed by atoms with Gasteiger partial charge in [0.25, 0.3) is 0 Å². The van der Waals surface area contributed by atoms with Gasteiger partial charge in [-0.25, -0.2) is 0 Å². The van der Waals surface area contributed by atoms with E-state index in [2.05, 4.69) is 71.0 Å². The number of rotatable bonds is 6. The number of likely N-dealkylation sites (N-methyl/N-ethyl adjacent to an activating group) is 1. The van der Waals surface area contributed by atoms with Crippen LogP contribution in [0.1, 0.15) is 36.8 Å². The molecule has 9 heteroatoms. The second kappa shape index (κ2) is 9.27. The van der Waals surface area contributed by atoms with Crippen molar-refractivity contribution in [2.75, 3.05) is 38.2 Å². The monoisotopic (exact) mass is 524 g/mol. The van der Waals surface area contributed by atoms with Crippen LogP contribution in [0.25, 0.3) is 33.1 Å². The number of pyridine rings is 1. The number of aryl methyl sites for hydroxylation is 1. The Labute approximate surface area is 228 Å². The second-order valence-corrected chi connectivity index (χ2v) is 11.6. The molecular weight excluding hydrogens is 488 g/mol. The molecular formula is C30H36N8O. The van der Waals surface area contributed by atoms with E-state index in [1.807, 2.05) is 12.4 Å². The number of benzene rings is 1. The highest BCUT2D eigenvalue weighted by Gasteiger charge is 2.43. The minimum atomic E-state index is -0.0906. The molecule has 2 bridgehead atoms. The van der Waals surface area contributed by atoms with Crippen LogP contribution in [0.3, 0.4) is 0 Å². The van der Waals surface area contributed by atoms with Gasteiger partial charge in [-0.3, -0.25) is 10.1 Å². The van der Waals surface area contributed by atoms with Crippen LogP contribution in [0.15, 0.2) is 37.2 Å². The maximum Gasteiger partial charge on any atom is 0.319 e. The van der Waals surface area contributed by atoms with Gasteiger partial charge in [-0.05, 0) is 76.4 Å². The van der Waals surface area contributed by atoms with Gasteiger partial charge in [-0.15, -0.1) is 6.58 Å². The van der Waals surface area contributed by atoms with Gasteiger partial charge in [-0.1, -0.05) is 6.08 Å². The smallest absolute Gasteiger partial charge is 0.319 e. The molecule has 39 heavy (non-hydrogen) atoms. The molecule has 2 N–H and O–H groups in total. The van der Waals surface area contributed by atoms with Gasteiger partial charge < -0.3 is 19.9 Å². The van der Waals surface area contributed by atoms with E-state index in [0.29, 0.717) is 24.7 Å². The van der Waals surface area contributed by atoms with E-state index in [1.165, 1.54) is 17.5 Å². The molecule has 202 valence electrons. The van der Waals surface area contributed by atoms with E-state index in [9.17, 15) is 0 Å². The molecule has 3 saturated heterocycles. The largest absolute Gasteiger partial charge is 0.462 e. The zero-order chi connectivity index (χ0) is 26.7. The Morgan fingerprint density at radius 1 is 1.18 bits per heavy atom. The van der Waals surface area contributed by atoms with Crippen molar-refractivity contribution in [3.05, 3.63) is 48.3 Å². The van der Waals surface area contributed by atoms with Crippen LogP contribution in [0.2, 0.25) is 0 Å². The number of anilines is 1. The van der Waals surface area contributed by atoms with Gasteiger partial charge in [0.2, 0.25) is 0 Å². The standard InChI is InChI=1S/C30H36N8O/c1-5-30-9-8-20(35-30)15-38(17-30)28-23-13-31-26(27-19(3)18(2)11-25-22(27)14-32-36-25)12-24(23)33-29(34-28)39-16-21-7-6-10-37(21)4/h5,11-14,20-21,35H,1,6-10,15-17H2,2-4H3,(H,32,36). The first kappa shape index (κ1) is 24.5. The molecule has 4 aromatic rings. The van der Waals surface area contributed by atoms with Gasteiger partial charge in [0, 0.05) is 42.3 Å². The summed E-state index contributed by atoms with van der Waals surface area (Å²) in [5, 5.41) is 13.2. The summed E-state index contributed by atoms with van der Waals surface area (Å²) in [7, 11) is 2.16. The zero-order valence-electron chi connectivity index (χ0n) is 23.0. The summed E-state index contributed by atoms with van der Waals surface area (Å²) in [5.41, 5.74) is 6.11. The van der Waals surface area contributed by atoms with E-state index in [4.69, 9.17) is 19.7 Å². The fourth-order valence-corrected chi connectivity index (χ4v) is 6.75. The van der Waals surface area contributed by atoms with Crippen LogP contribution < -0.4 is 15.0 Å². The number of likely N-dealkylation sites (tertiary alicyclic amines) is 1. The van der Waals surface area contributed by atoms with Crippen molar-refractivity contribution in [2.24, 2.45) is 0 Å². The minimum absolute atomic E-state index is 0.0906. The van der Waals surface area contributed by atoms with E-state index in [1.54, 1.807) is 0 Å². The number of hydrogen-bond acceptors (Lipinski definition) is 8. The lowest BCUT2D eigenvalue weighted by Gasteiger charge is -2.40. The topological polar surface area (TPSA) is 95.1 Å². The lowest BCUT2D eigenvalue weighted by Crippen LogP contribution is -2.58. The molecule has 7 rings (SSSR count). The fourth-order valence-electron chi connectivity index (χ4n) is 6.75. The van der Waals surface area contributed by atoms with E-state index < -0.39 is 0 Å². The first-order valence-corrected chi connectivity index (χ1v) is 14.0. The summed E-state index contributed by atoms with van der Waals surface area (Å²) >= 11 is 0. The molecule has 3 unspecified atom stereocenters. The van der Waals surface area contributed by atoms with Crippen LogP contribution in [-0.2, 0) is 0 Å². The van der Waals surface area contributed by atoms with E-state index >= 15 is 0 Å². The number of nitrogens with one attached hydrogen (secondary N) is 2. The molecule has 0 spiro atoms. The number of nitrogens with zero attached hydrogens (tertiary/aromatic N) is 6. The average Bonchev–Trinajstić information content (AvgIpc) is 3.65. The first-order valence-electron chi connectivity index (χ1n) is 14.0. The number of hydrogen-bond donors (Lipinski definition) is 2. The maximum absolute atomic E-state index is 6.31. The fraction of sp³-hybridized carbons (Fsp3) is 0.467. The Balaban J connectivity index is 1.34. The number of H-pyrrole nitrogens is 1. The van der Waals surface area contributed by atoms with E-state index in [0.717, 1.165) is 77.8 Å². The lowest BCUT2D eigenvalue weighted by molar-refractivity contribution is 0.188. The minimum Gasteiger partial charge on any atom is -0.462 e. The quantitative estimate of drug-likeness (QED) is 0.363. The Kier molecular flexibility index (Phi) is 5.82. The molecule has 3 aliphatic heterocycles. The van der Waals surface area contributed by atoms with Crippen molar-refractivity contribution in [2.45, 2.75) is 57.2 Å². The third-order valence-electron chi connectivity index (χ3n) is 9.17. The van der Waals surface area contributed by atoms with Crippen molar-refractivity contribution in [1.82, 2.24) is 35.4 Å².